The summed E-state index contributed by atoms with van der Waals surface area (Å²) in [5.41, 5.74) is -0.0249. The molecule has 0 saturated heterocycles. The van der Waals surface area contributed by atoms with Gasteiger partial charge < -0.3 is 14.6 Å². The van der Waals surface area contributed by atoms with Crippen LogP contribution in [0.15, 0.2) is 12.3 Å². The molecular weight excluding hydrogens is 234 g/mol. The van der Waals surface area contributed by atoms with Crippen molar-refractivity contribution < 1.29 is 19.4 Å². The molecule has 1 rings (SSSR count). The van der Waals surface area contributed by atoms with E-state index >= 15 is 0 Å². The smallest absolute Gasteiger partial charge is 0.337 e. The summed E-state index contributed by atoms with van der Waals surface area (Å²) in [6.07, 6.45) is 1.34. The van der Waals surface area contributed by atoms with E-state index in [4.69, 9.17) is 26.2 Å². The van der Waals surface area contributed by atoms with Crippen molar-refractivity contribution in [3.63, 3.8) is 0 Å². The number of halogens is 1. The van der Waals surface area contributed by atoms with Crippen LogP contribution in [0.25, 0.3) is 0 Å². The van der Waals surface area contributed by atoms with Crippen molar-refractivity contribution in [2.45, 2.75) is 6.92 Å². The van der Waals surface area contributed by atoms with Crippen molar-refractivity contribution in [1.29, 1.82) is 0 Å². The van der Waals surface area contributed by atoms with Gasteiger partial charge in [0.1, 0.15) is 11.6 Å². The fourth-order valence-corrected chi connectivity index (χ4v) is 1.28. The Balaban J connectivity index is 2.66. The van der Waals surface area contributed by atoms with Crippen molar-refractivity contribution >= 4 is 17.6 Å². The molecule has 0 aliphatic carbocycles. The molecule has 6 heteroatoms. The van der Waals surface area contributed by atoms with Crippen LogP contribution in [0, 0.1) is 0 Å². The zero-order valence-electron chi connectivity index (χ0n) is 8.77. The van der Waals surface area contributed by atoms with Gasteiger partial charge in [-0.15, -0.1) is 0 Å². The van der Waals surface area contributed by atoms with Crippen LogP contribution in [-0.2, 0) is 4.74 Å². The molecule has 0 aliphatic heterocycles. The molecule has 0 fully saturated rings. The number of hydrogen-bond donors (Lipinski definition) is 1. The highest BCUT2D eigenvalue weighted by Gasteiger charge is 2.13. The number of aromatic carboxylic acids is 1. The summed E-state index contributed by atoms with van der Waals surface area (Å²) in [6.45, 7) is 3.16. The Labute approximate surface area is 98.0 Å². The molecule has 0 aliphatic rings. The molecule has 0 spiro atoms. The maximum Gasteiger partial charge on any atom is 0.337 e. The third kappa shape index (κ3) is 3.36. The molecule has 88 valence electrons. The Kier molecular flexibility index (Phi) is 5.01. The topological polar surface area (TPSA) is 68.7 Å². The number of carboxylic acids is 1. The summed E-state index contributed by atoms with van der Waals surface area (Å²) < 4.78 is 10.3. The second-order valence-electron chi connectivity index (χ2n) is 2.83. The molecule has 1 aromatic heterocycles. The predicted octanol–water partition coefficient (Wildman–Crippen LogP) is 1.85. The largest absolute Gasteiger partial charge is 0.478 e. The summed E-state index contributed by atoms with van der Waals surface area (Å²) in [4.78, 5) is 14.6. The van der Waals surface area contributed by atoms with E-state index in [1.807, 2.05) is 6.92 Å². The van der Waals surface area contributed by atoms with Crippen molar-refractivity contribution in [2.24, 2.45) is 0 Å². The average Bonchev–Trinajstić information content (AvgIpc) is 2.26. The minimum atomic E-state index is -1.11. The molecule has 0 radical (unpaired) electrons. The highest BCUT2D eigenvalue weighted by atomic mass is 35.5. The number of carbonyl (C=O) groups is 1. The number of pyridine rings is 1. The number of rotatable bonds is 6. The molecule has 0 aromatic carbocycles. The number of nitrogens with zero attached hydrogens (tertiary/aromatic N) is 1. The van der Waals surface area contributed by atoms with Gasteiger partial charge in [0.2, 0.25) is 5.88 Å². The lowest BCUT2D eigenvalue weighted by Gasteiger charge is -2.07. The summed E-state index contributed by atoms with van der Waals surface area (Å²) in [6, 6.07) is 1.32. The quantitative estimate of drug-likeness (QED) is 0.775. The molecular formula is C10H12ClNO4. The van der Waals surface area contributed by atoms with Crippen LogP contribution >= 0.6 is 11.6 Å². The molecule has 0 amide bonds. The van der Waals surface area contributed by atoms with Crippen molar-refractivity contribution in [3.8, 4) is 5.88 Å². The van der Waals surface area contributed by atoms with Crippen LogP contribution < -0.4 is 4.74 Å². The van der Waals surface area contributed by atoms with Crippen LogP contribution in [0.1, 0.15) is 17.3 Å². The fourth-order valence-electron chi connectivity index (χ4n) is 1.03. The van der Waals surface area contributed by atoms with Crippen molar-refractivity contribution in [1.82, 2.24) is 4.98 Å². The van der Waals surface area contributed by atoms with E-state index in [2.05, 4.69) is 4.98 Å². The van der Waals surface area contributed by atoms with E-state index in [0.717, 1.165) is 0 Å². The molecule has 0 unspecified atom stereocenters. The van der Waals surface area contributed by atoms with Crippen molar-refractivity contribution in [3.05, 3.63) is 22.8 Å². The van der Waals surface area contributed by atoms with Gasteiger partial charge >= 0.3 is 5.97 Å². The van der Waals surface area contributed by atoms with Gasteiger partial charge in [0.25, 0.3) is 0 Å². The lowest BCUT2D eigenvalue weighted by molar-refractivity contribution is 0.0696. The zero-order valence-corrected chi connectivity index (χ0v) is 9.53. The first-order chi connectivity index (χ1) is 7.66. The Morgan fingerprint density at radius 1 is 1.56 bits per heavy atom. The standard InChI is InChI=1S/C10H12ClNO4/c1-2-15-5-6-16-9-8(11)7(10(13)14)3-4-12-9/h3-4H,2,5-6H2,1H3,(H,13,14). The second-order valence-corrected chi connectivity index (χ2v) is 3.21. The molecule has 0 saturated carbocycles. The number of aromatic nitrogens is 1. The SMILES string of the molecule is CCOCCOc1nccc(C(=O)O)c1Cl. The lowest BCUT2D eigenvalue weighted by Crippen LogP contribution is -2.08. The van der Waals surface area contributed by atoms with Gasteiger partial charge in [-0.1, -0.05) is 11.6 Å². The van der Waals surface area contributed by atoms with E-state index < -0.39 is 5.97 Å². The highest BCUT2D eigenvalue weighted by molar-refractivity contribution is 6.34. The minimum absolute atomic E-state index is 0.00602. The van der Waals surface area contributed by atoms with Crippen LogP contribution in [0.5, 0.6) is 5.88 Å². The first kappa shape index (κ1) is 12.7. The summed E-state index contributed by atoms with van der Waals surface area (Å²) >= 11 is 5.81. The first-order valence-corrected chi connectivity index (χ1v) is 5.13. The van der Waals surface area contributed by atoms with Crippen LogP contribution in [0.2, 0.25) is 5.02 Å². The van der Waals surface area contributed by atoms with E-state index in [9.17, 15) is 4.79 Å². The molecule has 0 bridgehead atoms. The van der Waals surface area contributed by atoms with E-state index in [1.165, 1.54) is 12.3 Å². The van der Waals surface area contributed by atoms with E-state index in [0.29, 0.717) is 13.2 Å². The molecule has 0 atom stereocenters. The predicted molar refractivity (Wildman–Crippen MR) is 58.2 cm³/mol. The number of ether oxygens (including phenoxy) is 2. The van der Waals surface area contributed by atoms with Crippen LogP contribution in [0.3, 0.4) is 0 Å². The Hall–Kier alpha value is -1.33. The molecule has 1 aromatic rings. The van der Waals surface area contributed by atoms with E-state index in [1.54, 1.807) is 0 Å². The summed E-state index contributed by atoms with van der Waals surface area (Å²) in [5.74, 6) is -0.997. The molecule has 5 nitrogen and oxygen atoms in total. The van der Waals surface area contributed by atoms with Gasteiger partial charge in [-0.2, -0.15) is 0 Å². The van der Waals surface area contributed by atoms with Gasteiger partial charge in [0, 0.05) is 12.8 Å². The third-order valence-corrected chi connectivity index (χ3v) is 2.12. The van der Waals surface area contributed by atoms with Gasteiger partial charge in [0.15, 0.2) is 0 Å². The van der Waals surface area contributed by atoms with Gasteiger partial charge in [-0.25, -0.2) is 9.78 Å². The summed E-state index contributed by atoms with van der Waals surface area (Å²) in [7, 11) is 0. The van der Waals surface area contributed by atoms with Gasteiger partial charge in [-0.05, 0) is 13.0 Å². The van der Waals surface area contributed by atoms with Gasteiger partial charge in [0.05, 0.1) is 12.2 Å². The molecule has 16 heavy (non-hydrogen) atoms. The van der Waals surface area contributed by atoms with Crippen molar-refractivity contribution in [2.75, 3.05) is 19.8 Å². The first-order valence-electron chi connectivity index (χ1n) is 4.75. The number of hydrogen-bond acceptors (Lipinski definition) is 4. The molecule has 1 heterocycles. The molecule has 1 N–H and O–H groups in total. The Morgan fingerprint density at radius 2 is 2.31 bits per heavy atom. The van der Waals surface area contributed by atoms with Gasteiger partial charge in [-0.3, -0.25) is 0 Å². The zero-order chi connectivity index (χ0) is 12.0. The lowest BCUT2D eigenvalue weighted by atomic mass is 10.3. The average molecular weight is 246 g/mol. The fraction of sp³-hybridized carbons (Fsp3) is 0.400. The minimum Gasteiger partial charge on any atom is -0.478 e. The van der Waals surface area contributed by atoms with Crippen LogP contribution in [0.4, 0.5) is 0 Å². The third-order valence-electron chi connectivity index (χ3n) is 1.76. The second kappa shape index (κ2) is 6.30. The monoisotopic (exact) mass is 245 g/mol. The van der Waals surface area contributed by atoms with Crippen LogP contribution in [-0.4, -0.2) is 35.9 Å². The Bertz CT molecular complexity index is 370. The maximum absolute atomic E-state index is 10.8. The normalized spacial score (nSPS) is 10.1. The Morgan fingerprint density at radius 3 is 2.94 bits per heavy atom. The maximum atomic E-state index is 10.8. The highest BCUT2D eigenvalue weighted by Crippen LogP contribution is 2.25. The van der Waals surface area contributed by atoms with E-state index in [-0.39, 0.29) is 23.1 Å². The summed E-state index contributed by atoms with van der Waals surface area (Å²) in [5, 5.41) is 8.81. The number of carboxylic acid groups (broad SMARTS) is 1.